The van der Waals surface area contributed by atoms with Crippen LogP contribution < -0.4 is 15.4 Å². The van der Waals surface area contributed by atoms with Crippen LogP contribution in [0.25, 0.3) is 0 Å². The number of benzene rings is 1. The Kier molecular flexibility index (Phi) is 7.75. The number of rotatable bonds is 8. The van der Waals surface area contributed by atoms with Crippen molar-refractivity contribution in [2.45, 2.75) is 19.5 Å². The summed E-state index contributed by atoms with van der Waals surface area (Å²) < 4.78 is 6.01. The van der Waals surface area contributed by atoms with Gasteiger partial charge in [-0.05, 0) is 59.7 Å². The van der Waals surface area contributed by atoms with Gasteiger partial charge in [-0.25, -0.2) is 4.98 Å². The number of hydrogen-bond acceptors (Lipinski definition) is 5. The number of hydrogen-bond donors (Lipinski definition) is 2. The van der Waals surface area contributed by atoms with Crippen LogP contribution in [0.5, 0.6) is 5.75 Å². The zero-order valence-electron chi connectivity index (χ0n) is 15.5. The van der Waals surface area contributed by atoms with Gasteiger partial charge >= 0.3 is 0 Å². The second kappa shape index (κ2) is 10.0. The number of carbonyl (C=O) groups excluding carboxylic acids is 2. The van der Waals surface area contributed by atoms with Crippen molar-refractivity contribution in [1.29, 1.82) is 0 Å². The third-order valence-electron chi connectivity index (χ3n) is 4.03. The number of nitrogens with one attached hydrogen (secondary N) is 2. The largest absolute Gasteiger partial charge is 0.497 e. The fourth-order valence-corrected chi connectivity index (χ4v) is 2.55. The molecule has 2 rings (SSSR count). The molecule has 8 heteroatoms. The molecule has 27 heavy (non-hydrogen) atoms. The van der Waals surface area contributed by atoms with E-state index in [0.717, 1.165) is 15.8 Å². The molecule has 1 aromatic heterocycles. The van der Waals surface area contributed by atoms with E-state index < -0.39 is 6.04 Å². The molecule has 1 aromatic carbocycles. The molecule has 144 valence electrons. The van der Waals surface area contributed by atoms with Crippen molar-refractivity contribution in [1.82, 2.24) is 15.2 Å². The molecule has 2 amide bonds. The highest BCUT2D eigenvalue weighted by Crippen LogP contribution is 2.12. The predicted molar refractivity (Wildman–Crippen MR) is 107 cm³/mol. The molecule has 0 saturated carbocycles. The van der Waals surface area contributed by atoms with E-state index in [2.05, 4.69) is 31.5 Å². The van der Waals surface area contributed by atoms with Crippen LogP contribution in [-0.4, -0.2) is 48.4 Å². The summed E-state index contributed by atoms with van der Waals surface area (Å²) in [5.41, 5.74) is 0.941. The van der Waals surface area contributed by atoms with Crippen molar-refractivity contribution in [3.8, 4) is 5.75 Å². The Morgan fingerprint density at radius 1 is 1.30 bits per heavy atom. The van der Waals surface area contributed by atoms with Crippen LogP contribution in [0, 0.1) is 0 Å². The Hall–Kier alpha value is -2.45. The van der Waals surface area contributed by atoms with Crippen molar-refractivity contribution >= 4 is 33.6 Å². The standard InChI is InChI=1S/C19H23BrN4O3/c1-13(19(26)22-10-14-5-4-6-16(9-14)27-3)24(2)12-18(25)23-17-8-7-15(20)11-21-17/h4-9,11,13H,10,12H2,1-3H3,(H,22,26)(H,21,23,25). The van der Waals surface area contributed by atoms with Gasteiger partial charge in [0.2, 0.25) is 11.8 Å². The van der Waals surface area contributed by atoms with Crippen LogP contribution in [0.1, 0.15) is 12.5 Å². The Balaban J connectivity index is 1.82. The molecular weight excluding hydrogens is 412 g/mol. The molecule has 1 atom stereocenters. The highest BCUT2D eigenvalue weighted by Gasteiger charge is 2.20. The SMILES string of the molecule is COc1cccc(CNC(=O)C(C)N(C)CC(=O)Nc2ccc(Br)cn2)c1. The van der Waals surface area contributed by atoms with Gasteiger partial charge in [-0.2, -0.15) is 0 Å². The van der Waals surface area contributed by atoms with E-state index in [1.54, 1.807) is 44.3 Å². The molecule has 0 aliphatic rings. The molecule has 2 aromatic rings. The highest BCUT2D eigenvalue weighted by molar-refractivity contribution is 9.10. The lowest BCUT2D eigenvalue weighted by molar-refractivity contribution is -0.126. The topological polar surface area (TPSA) is 83.6 Å². The third kappa shape index (κ3) is 6.65. The first kappa shape index (κ1) is 20.9. The minimum absolute atomic E-state index is 0.0749. The maximum atomic E-state index is 12.4. The van der Waals surface area contributed by atoms with Crippen LogP contribution in [0.4, 0.5) is 5.82 Å². The molecule has 0 aliphatic heterocycles. The van der Waals surface area contributed by atoms with Crippen molar-refractivity contribution in [2.24, 2.45) is 0 Å². The molecule has 2 N–H and O–H groups in total. The second-order valence-electron chi connectivity index (χ2n) is 6.07. The van der Waals surface area contributed by atoms with Gasteiger partial charge in [0.1, 0.15) is 11.6 Å². The van der Waals surface area contributed by atoms with E-state index in [4.69, 9.17) is 4.74 Å². The minimum Gasteiger partial charge on any atom is -0.497 e. The van der Waals surface area contributed by atoms with Crippen molar-refractivity contribution in [2.75, 3.05) is 26.0 Å². The number of carbonyl (C=O) groups is 2. The summed E-state index contributed by atoms with van der Waals surface area (Å²) in [5, 5.41) is 5.58. The van der Waals surface area contributed by atoms with Crippen LogP contribution in [-0.2, 0) is 16.1 Å². The maximum Gasteiger partial charge on any atom is 0.239 e. The van der Waals surface area contributed by atoms with Gasteiger partial charge in [0, 0.05) is 17.2 Å². The molecule has 0 saturated heterocycles. The highest BCUT2D eigenvalue weighted by atomic mass is 79.9. The fourth-order valence-electron chi connectivity index (χ4n) is 2.32. The first-order chi connectivity index (χ1) is 12.9. The molecule has 1 unspecified atom stereocenters. The second-order valence-corrected chi connectivity index (χ2v) is 6.99. The molecule has 0 bridgehead atoms. The van der Waals surface area contributed by atoms with E-state index in [1.165, 1.54) is 0 Å². The molecule has 0 fully saturated rings. The van der Waals surface area contributed by atoms with Crippen LogP contribution in [0.2, 0.25) is 0 Å². The number of aromatic nitrogens is 1. The zero-order chi connectivity index (χ0) is 19.8. The minimum atomic E-state index is -0.459. The van der Waals surface area contributed by atoms with Gasteiger partial charge in [0.15, 0.2) is 0 Å². The Morgan fingerprint density at radius 2 is 2.07 bits per heavy atom. The van der Waals surface area contributed by atoms with E-state index in [9.17, 15) is 9.59 Å². The first-order valence-electron chi connectivity index (χ1n) is 8.41. The third-order valence-corrected chi connectivity index (χ3v) is 4.50. The molecule has 0 aliphatic carbocycles. The number of anilines is 1. The Bertz CT molecular complexity index is 783. The number of methoxy groups -OCH3 is 1. The summed E-state index contributed by atoms with van der Waals surface area (Å²) >= 11 is 3.29. The van der Waals surface area contributed by atoms with Crippen LogP contribution in [0.3, 0.4) is 0 Å². The number of halogens is 1. The van der Waals surface area contributed by atoms with Crippen molar-refractivity contribution < 1.29 is 14.3 Å². The summed E-state index contributed by atoms with van der Waals surface area (Å²) in [5.74, 6) is 0.812. The Labute approximate surface area is 167 Å². The lowest BCUT2D eigenvalue weighted by atomic mass is 10.2. The zero-order valence-corrected chi connectivity index (χ0v) is 17.1. The first-order valence-corrected chi connectivity index (χ1v) is 9.20. The maximum absolute atomic E-state index is 12.4. The van der Waals surface area contributed by atoms with Crippen LogP contribution in [0.15, 0.2) is 47.1 Å². The summed E-state index contributed by atoms with van der Waals surface area (Å²) in [6, 6.07) is 10.5. The fraction of sp³-hybridized carbons (Fsp3) is 0.316. The average Bonchev–Trinajstić information content (AvgIpc) is 2.67. The van der Waals surface area contributed by atoms with Gasteiger partial charge in [-0.15, -0.1) is 0 Å². The van der Waals surface area contributed by atoms with Crippen LogP contribution >= 0.6 is 15.9 Å². The number of amides is 2. The lowest BCUT2D eigenvalue weighted by Gasteiger charge is -2.23. The smallest absolute Gasteiger partial charge is 0.239 e. The van der Waals surface area contributed by atoms with Gasteiger partial charge < -0.3 is 15.4 Å². The monoisotopic (exact) mass is 434 g/mol. The number of ether oxygens (including phenoxy) is 1. The summed E-state index contributed by atoms with van der Waals surface area (Å²) in [6.45, 7) is 2.22. The van der Waals surface area contributed by atoms with Gasteiger partial charge in [0.25, 0.3) is 0 Å². The Morgan fingerprint density at radius 3 is 2.74 bits per heavy atom. The molecule has 0 radical (unpaired) electrons. The van der Waals surface area contributed by atoms with E-state index in [0.29, 0.717) is 12.4 Å². The lowest BCUT2D eigenvalue weighted by Crippen LogP contribution is -2.45. The van der Waals surface area contributed by atoms with E-state index in [-0.39, 0.29) is 18.4 Å². The molecule has 1 heterocycles. The molecular formula is C19H23BrN4O3. The summed E-state index contributed by atoms with van der Waals surface area (Å²) in [7, 11) is 3.33. The average molecular weight is 435 g/mol. The van der Waals surface area contributed by atoms with Crippen molar-refractivity contribution in [3.05, 3.63) is 52.6 Å². The number of nitrogens with zero attached hydrogens (tertiary/aromatic N) is 2. The van der Waals surface area contributed by atoms with Gasteiger partial charge in [-0.3, -0.25) is 14.5 Å². The van der Waals surface area contributed by atoms with E-state index >= 15 is 0 Å². The quantitative estimate of drug-likeness (QED) is 0.666. The van der Waals surface area contributed by atoms with Gasteiger partial charge in [-0.1, -0.05) is 12.1 Å². The van der Waals surface area contributed by atoms with Gasteiger partial charge in [0.05, 0.1) is 19.7 Å². The summed E-state index contributed by atoms with van der Waals surface area (Å²) in [4.78, 5) is 30.3. The van der Waals surface area contributed by atoms with E-state index in [1.807, 2.05) is 24.3 Å². The predicted octanol–water partition coefficient (Wildman–Crippen LogP) is 2.43. The number of likely N-dealkylation sites (N-methyl/N-ethyl adjacent to an activating group) is 1. The summed E-state index contributed by atoms with van der Waals surface area (Å²) in [6.07, 6.45) is 1.61. The van der Waals surface area contributed by atoms with Crippen molar-refractivity contribution in [3.63, 3.8) is 0 Å². The normalized spacial score (nSPS) is 11.7. The molecule has 7 nitrogen and oxygen atoms in total. The molecule has 0 spiro atoms. The number of pyridine rings is 1.